The van der Waals surface area contributed by atoms with Gasteiger partial charge in [-0.25, -0.2) is 0 Å². The standard InChI is InChI=1S/C21H26ClNO.ClH/c1-21(2,17-6-4-3-5-7-17)18-8-9-20(19(22)14-18)24-15-16-10-12-23-13-11-16;/h3-9,14,16,23H,10-13,15H2,1-2H3;1H. The van der Waals surface area contributed by atoms with E-state index in [-0.39, 0.29) is 17.8 Å². The van der Waals surface area contributed by atoms with Crippen LogP contribution < -0.4 is 10.1 Å². The van der Waals surface area contributed by atoms with Gasteiger partial charge in [-0.15, -0.1) is 12.4 Å². The average Bonchev–Trinajstić information content (AvgIpc) is 2.62. The van der Waals surface area contributed by atoms with Crippen LogP contribution in [0.25, 0.3) is 0 Å². The van der Waals surface area contributed by atoms with Crippen molar-refractivity contribution >= 4 is 24.0 Å². The molecule has 1 heterocycles. The molecule has 25 heavy (non-hydrogen) atoms. The van der Waals surface area contributed by atoms with Crippen LogP contribution in [-0.2, 0) is 5.41 Å². The molecule has 0 amide bonds. The highest BCUT2D eigenvalue weighted by Crippen LogP contribution is 2.36. The number of ether oxygens (including phenoxy) is 1. The second-order valence-electron chi connectivity index (χ2n) is 7.14. The first-order valence-corrected chi connectivity index (χ1v) is 9.14. The molecule has 0 saturated carbocycles. The van der Waals surface area contributed by atoms with Gasteiger partial charge in [0.1, 0.15) is 5.75 Å². The lowest BCUT2D eigenvalue weighted by atomic mass is 9.78. The van der Waals surface area contributed by atoms with Crippen LogP contribution >= 0.6 is 24.0 Å². The first kappa shape index (κ1) is 20.1. The maximum Gasteiger partial charge on any atom is 0.137 e. The lowest BCUT2D eigenvalue weighted by molar-refractivity contribution is 0.215. The fraction of sp³-hybridized carbons (Fsp3) is 0.429. The molecule has 3 rings (SSSR count). The van der Waals surface area contributed by atoms with Crippen LogP contribution in [0.4, 0.5) is 0 Å². The van der Waals surface area contributed by atoms with Crippen LogP contribution in [0.2, 0.25) is 5.02 Å². The molecule has 1 N–H and O–H groups in total. The lowest BCUT2D eigenvalue weighted by Crippen LogP contribution is -2.30. The summed E-state index contributed by atoms with van der Waals surface area (Å²) in [7, 11) is 0. The van der Waals surface area contributed by atoms with Crippen molar-refractivity contribution in [1.29, 1.82) is 0 Å². The third-order valence-corrected chi connectivity index (χ3v) is 5.38. The number of halogens is 2. The predicted molar refractivity (Wildman–Crippen MR) is 108 cm³/mol. The van der Waals surface area contributed by atoms with Gasteiger partial charge in [-0.3, -0.25) is 0 Å². The van der Waals surface area contributed by atoms with Crippen molar-refractivity contribution in [2.75, 3.05) is 19.7 Å². The molecule has 1 aliphatic heterocycles. The second-order valence-corrected chi connectivity index (χ2v) is 7.55. The number of nitrogens with one attached hydrogen (secondary N) is 1. The molecule has 0 radical (unpaired) electrons. The van der Waals surface area contributed by atoms with Crippen LogP contribution in [0.15, 0.2) is 48.5 Å². The Morgan fingerprint density at radius 1 is 1.04 bits per heavy atom. The molecular weight excluding hydrogens is 353 g/mol. The van der Waals surface area contributed by atoms with Crippen LogP contribution in [-0.4, -0.2) is 19.7 Å². The molecule has 136 valence electrons. The summed E-state index contributed by atoms with van der Waals surface area (Å²) in [4.78, 5) is 0. The highest BCUT2D eigenvalue weighted by atomic mass is 35.5. The third kappa shape index (κ3) is 4.91. The Kier molecular flexibility index (Phi) is 7.18. The molecule has 0 bridgehead atoms. The van der Waals surface area contributed by atoms with E-state index in [2.05, 4.69) is 49.5 Å². The van der Waals surface area contributed by atoms with Crippen molar-refractivity contribution in [3.8, 4) is 5.75 Å². The van der Waals surface area contributed by atoms with Crippen molar-refractivity contribution in [2.45, 2.75) is 32.1 Å². The molecule has 1 saturated heterocycles. The van der Waals surface area contributed by atoms with Gasteiger partial charge in [-0.05, 0) is 55.1 Å². The monoisotopic (exact) mass is 379 g/mol. The number of hydrogen-bond donors (Lipinski definition) is 1. The van der Waals surface area contributed by atoms with Gasteiger partial charge in [0.25, 0.3) is 0 Å². The molecule has 0 atom stereocenters. The van der Waals surface area contributed by atoms with E-state index in [0.717, 1.165) is 25.4 Å². The van der Waals surface area contributed by atoms with Gasteiger partial charge in [-0.2, -0.15) is 0 Å². The van der Waals surface area contributed by atoms with E-state index in [9.17, 15) is 0 Å². The normalized spacial score (nSPS) is 15.5. The summed E-state index contributed by atoms with van der Waals surface area (Å²) in [5, 5.41) is 4.08. The summed E-state index contributed by atoms with van der Waals surface area (Å²) >= 11 is 6.50. The van der Waals surface area contributed by atoms with E-state index in [1.165, 1.54) is 24.0 Å². The Labute approximate surface area is 162 Å². The van der Waals surface area contributed by atoms with Gasteiger partial charge < -0.3 is 10.1 Å². The van der Waals surface area contributed by atoms with Crippen molar-refractivity contribution in [2.24, 2.45) is 5.92 Å². The van der Waals surface area contributed by atoms with E-state index < -0.39 is 0 Å². The fourth-order valence-corrected chi connectivity index (χ4v) is 3.52. The third-order valence-electron chi connectivity index (χ3n) is 5.08. The zero-order chi connectivity index (χ0) is 17.0. The highest BCUT2D eigenvalue weighted by molar-refractivity contribution is 6.32. The Morgan fingerprint density at radius 2 is 1.72 bits per heavy atom. The molecule has 0 spiro atoms. The summed E-state index contributed by atoms with van der Waals surface area (Å²) in [6.07, 6.45) is 2.35. The minimum Gasteiger partial charge on any atom is -0.492 e. The molecule has 4 heteroatoms. The Hall–Kier alpha value is -1.22. The van der Waals surface area contributed by atoms with Gasteiger partial charge in [0.2, 0.25) is 0 Å². The summed E-state index contributed by atoms with van der Waals surface area (Å²) < 4.78 is 5.99. The fourth-order valence-electron chi connectivity index (χ4n) is 3.28. The number of piperidine rings is 1. The minimum absolute atomic E-state index is 0. The largest absolute Gasteiger partial charge is 0.492 e. The predicted octanol–water partition coefficient (Wildman–Crippen LogP) is 5.47. The lowest BCUT2D eigenvalue weighted by Gasteiger charge is -2.27. The molecular formula is C21H27Cl2NO. The second kappa shape index (κ2) is 8.93. The first-order valence-electron chi connectivity index (χ1n) is 8.76. The summed E-state index contributed by atoms with van der Waals surface area (Å²) in [6.45, 7) is 7.38. The van der Waals surface area contributed by atoms with Gasteiger partial charge >= 0.3 is 0 Å². The van der Waals surface area contributed by atoms with Crippen molar-refractivity contribution < 1.29 is 4.74 Å². The van der Waals surface area contributed by atoms with Crippen LogP contribution in [0, 0.1) is 5.92 Å². The molecule has 2 aromatic rings. The van der Waals surface area contributed by atoms with Gasteiger partial charge in [0, 0.05) is 5.41 Å². The maximum atomic E-state index is 6.50. The van der Waals surface area contributed by atoms with Crippen molar-refractivity contribution in [3.63, 3.8) is 0 Å². The molecule has 0 aliphatic carbocycles. The van der Waals surface area contributed by atoms with Gasteiger partial charge in [0.15, 0.2) is 0 Å². The highest BCUT2D eigenvalue weighted by Gasteiger charge is 2.24. The smallest absolute Gasteiger partial charge is 0.137 e. The molecule has 0 aromatic heterocycles. The molecule has 2 nitrogen and oxygen atoms in total. The van der Waals surface area contributed by atoms with Crippen molar-refractivity contribution in [1.82, 2.24) is 5.32 Å². The average molecular weight is 380 g/mol. The number of benzene rings is 2. The Bertz CT molecular complexity index is 667. The first-order chi connectivity index (χ1) is 11.6. The Morgan fingerprint density at radius 3 is 2.36 bits per heavy atom. The zero-order valence-corrected chi connectivity index (χ0v) is 16.5. The van der Waals surface area contributed by atoms with E-state index >= 15 is 0 Å². The number of rotatable bonds is 5. The molecule has 2 aromatic carbocycles. The quantitative estimate of drug-likeness (QED) is 0.743. The van der Waals surface area contributed by atoms with E-state index in [0.29, 0.717) is 10.9 Å². The minimum atomic E-state index is -0.0849. The molecule has 1 fully saturated rings. The zero-order valence-electron chi connectivity index (χ0n) is 14.9. The SMILES string of the molecule is CC(C)(c1ccccc1)c1ccc(OCC2CCNCC2)c(Cl)c1.Cl. The maximum absolute atomic E-state index is 6.50. The van der Waals surface area contributed by atoms with Gasteiger partial charge in [0.05, 0.1) is 11.6 Å². The summed E-state index contributed by atoms with van der Waals surface area (Å²) in [5.74, 6) is 1.42. The van der Waals surface area contributed by atoms with Crippen LogP contribution in [0.3, 0.4) is 0 Å². The summed E-state index contributed by atoms with van der Waals surface area (Å²) in [6, 6.07) is 16.7. The summed E-state index contributed by atoms with van der Waals surface area (Å²) in [5.41, 5.74) is 2.40. The number of hydrogen-bond acceptors (Lipinski definition) is 2. The molecule has 1 aliphatic rings. The van der Waals surface area contributed by atoms with E-state index in [4.69, 9.17) is 16.3 Å². The van der Waals surface area contributed by atoms with Crippen LogP contribution in [0.1, 0.15) is 37.8 Å². The van der Waals surface area contributed by atoms with E-state index in [1.807, 2.05) is 18.2 Å². The van der Waals surface area contributed by atoms with Crippen LogP contribution in [0.5, 0.6) is 5.75 Å². The topological polar surface area (TPSA) is 21.3 Å². The van der Waals surface area contributed by atoms with Crippen molar-refractivity contribution in [3.05, 3.63) is 64.7 Å². The van der Waals surface area contributed by atoms with E-state index in [1.54, 1.807) is 0 Å². The Balaban J connectivity index is 0.00000225. The molecule has 0 unspecified atom stereocenters. The van der Waals surface area contributed by atoms with Gasteiger partial charge in [-0.1, -0.05) is 61.8 Å².